The molecule has 1 amide bonds. The molecule has 1 aromatic heterocycles. The fraction of sp³-hybridized carbons (Fsp3) is 0.368. The van der Waals surface area contributed by atoms with Gasteiger partial charge in [-0.15, -0.1) is 0 Å². The van der Waals surface area contributed by atoms with Crippen molar-refractivity contribution in [1.82, 2.24) is 14.1 Å². The Labute approximate surface area is 167 Å². The van der Waals surface area contributed by atoms with E-state index in [4.69, 9.17) is 17.0 Å². The van der Waals surface area contributed by atoms with Crippen LogP contribution in [0, 0.1) is 4.77 Å². The van der Waals surface area contributed by atoms with Gasteiger partial charge in [0.25, 0.3) is 5.56 Å². The van der Waals surface area contributed by atoms with Gasteiger partial charge >= 0.3 is 0 Å². The van der Waals surface area contributed by atoms with E-state index in [1.807, 2.05) is 31.2 Å². The zero-order valence-corrected chi connectivity index (χ0v) is 17.0. The summed E-state index contributed by atoms with van der Waals surface area (Å²) in [6.45, 7) is 3.88. The van der Waals surface area contributed by atoms with Crippen LogP contribution in [0.25, 0.3) is 0 Å². The summed E-state index contributed by atoms with van der Waals surface area (Å²) in [4.78, 5) is 24.9. The Kier molecular flexibility index (Phi) is 5.37. The van der Waals surface area contributed by atoms with E-state index < -0.39 is 5.56 Å². The van der Waals surface area contributed by atoms with Crippen LogP contribution in [-0.2, 0) is 18.9 Å². The van der Waals surface area contributed by atoms with Crippen molar-refractivity contribution in [3.8, 4) is 11.6 Å². The summed E-state index contributed by atoms with van der Waals surface area (Å²) < 4.78 is 8.27. The van der Waals surface area contributed by atoms with Crippen molar-refractivity contribution in [2.75, 3.05) is 6.61 Å². The quantitative estimate of drug-likeness (QED) is 0.793. The second-order valence-corrected chi connectivity index (χ2v) is 6.90. The molecule has 1 aliphatic heterocycles. The topological polar surface area (TPSA) is 89.1 Å². The van der Waals surface area contributed by atoms with Crippen molar-refractivity contribution < 1.29 is 14.6 Å². The maximum Gasteiger partial charge on any atom is 0.267 e. The standard InChI is InChI=1S/C19H22N4O4S/c1-5-27-13-8-6-12(7-9-13)15-10-14(20-23(15)11(2)24)16-17(25)21(3)19(28)22(4)18(16)26/h6-9,15,25H,5,10H2,1-4H3/t15-/m1/s1. The van der Waals surface area contributed by atoms with E-state index in [1.54, 1.807) is 7.05 Å². The summed E-state index contributed by atoms with van der Waals surface area (Å²) in [6.07, 6.45) is 0.299. The lowest BCUT2D eigenvalue weighted by atomic mass is 9.99. The molecule has 0 saturated heterocycles. The van der Waals surface area contributed by atoms with Gasteiger partial charge in [0.05, 0.1) is 18.4 Å². The first-order valence-electron chi connectivity index (χ1n) is 8.85. The highest BCUT2D eigenvalue weighted by atomic mass is 32.1. The number of aromatic hydroxyl groups is 1. The number of carbonyl (C=O) groups is 1. The molecule has 0 radical (unpaired) electrons. The SMILES string of the molecule is CCOc1ccc([C@H]2CC(c3c(O)n(C)c(=S)n(C)c3=O)=NN2C(C)=O)cc1. The third-order valence-corrected chi connectivity index (χ3v) is 5.28. The molecule has 2 aromatic rings. The van der Waals surface area contributed by atoms with Crippen LogP contribution in [0.15, 0.2) is 34.2 Å². The Balaban J connectivity index is 2.05. The van der Waals surface area contributed by atoms with Crippen molar-refractivity contribution in [2.24, 2.45) is 19.2 Å². The number of amides is 1. The summed E-state index contributed by atoms with van der Waals surface area (Å²) in [6, 6.07) is 7.03. The van der Waals surface area contributed by atoms with E-state index in [-0.39, 0.29) is 28.2 Å². The van der Waals surface area contributed by atoms with E-state index in [0.717, 1.165) is 11.3 Å². The summed E-state index contributed by atoms with van der Waals surface area (Å²) >= 11 is 5.15. The Morgan fingerprint density at radius 3 is 2.50 bits per heavy atom. The molecular formula is C19H22N4O4S. The van der Waals surface area contributed by atoms with Gasteiger partial charge < -0.3 is 9.84 Å². The Hall–Kier alpha value is -2.94. The lowest BCUT2D eigenvalue weighted by molar-refractivity contribution is -0.130. The molecule has 3 rings (SSSR count). The third kappa shape index (κ3) is 3.33. The number of nitrogens with zero attached hydrogens (tertiary/aromatic N) is 4. The molecule has 0 fully saturated rings. The first kappa shape index (κ1) is 19.8. The first-order chi connectivity index (χ1) is 13.3. The second kappa shape index (κ2) is 7.59. The maximum absolute atomic E-state index is 12.7. The summed E-state index contributed by atoms with van der Waals surface area (Å²) in [5.74, 6) is 0.219. The fourth-order valence-electron chi connectivity index (χ4n) is 3.25. The average molecular weight is 402 g/mol. The smallest absolute Gasteiger partial charge is 0.267 e. The Morgan fingerprint density at radius 2 is 1.93 bits per heavy atom. The number of hydrazone groups is 1. The minimum atomic E-state index is -0.449. The summed E-state index contributed by atoms with van der Waals surface area (Å²) in [5, 5.41) is 16.2. The predicted molar refractivity (Wildman–Crippen MR) is 107 cm³/mol. The van der Waals surface area contributed by atoms with Crippen molar-refractivity contribution in [3.05, 3.63) is 50.5 Å². The van der Waals surface area contributed by atoms with Crippen molar-refractivity contribution in [1.29, 1.82) is 0 Å². The van der Waals surface area contributed by atoms with Gasteiger partial charge in [-0.2, -0.15) is 5.10 Å². The molecule has 0 saturated carbocycles. The zero-order valence-electron chi connectivity index (χ0n) is 16.2. The molecule has 148 valence electrons. The van der Waals surface area contributed by atoms with Gasteiger partial charge in [-0.3, -0.25) is 18.7 Å². The molecule has 8 nitrogen and oxygen atoms in total. The Morgan fingerprint density at radius 1 is 1.29 bits per heavy atom. The van der Waals surface area contributed by atoms with E-state index in [9.17, 15) is 14.7 Å². The number of benzene rings is 1. The highest BCUT2D eigenvalue weighted by molar-refractivity contribution is 7.71. The van der Waals surface area contributed by atoms with Crippen molar-refractivity contribution in [2.45, 2.75) is 26.3 Å². The van der Waals surface area contributed by atoms with Gasteiger partial charge in [-0.1, -0.05) is 12.1 Å². The fourth-order valence-corrected chi connectivity index (χ4v) is 3.42. The van der Waals surface area contributed by atoms with Crippen LogP contribution < -0.4 is 10.3 Å². The number of aromatic nitrogens is 2. The minimum absolute atomic E-state index is 0.0540. The lowest BCUT2D eigenvalue weighted by Gasteiger charge is -2.20. The van der Waals surface area contributed by atoms with Gasteiger partial charge in [0.2, 0.25) is 11.8 Å². The first-order valence-corrected chi connectivity index (χ1v) is 9.26. The van der Waals surface area contributed by atoms with Gasteiger partial charge in [-0.05, 0) is 36.8 Å². The molecule has 0 bridgehead atoms. The molecule has 1 atom stereocenters. The highest BCUT2D eigenvalue weighted by Gasteiger charge is 2.34. The predicted octanol–water partition coefficient (Wildman–Crippen LogP) is 2.26. The van der Waals surface area contributed by atoms with E-state index in [2.05, 4.69) is 5.10 Å². The largest absolute Gasteiger partial charge is 0.494 e. The number of hydrogen-bond donors (Lipinski definition) is 1. The van der Waals surface area contributed by atoms with Crippen LogP contribution >= 0.6 is 12.2 Å². The van der Waals surface area contributed by atoms with E-state index >= 15 is 0 Å². The van der Waals surface area contributed by atoms with Crippen LogP contribution in [0.5, 0.6) is 11.6 Å². The van der Waals surface area contributed by atoms with Gasteiger partial charge in [0, 0.05) is 27.4 Å². The van der Waals surface area contributed by atoms with Crippen LogP contribution in [0.4, 0.5) is 0 Å². The van der Waals surface area contributed by atoms with Gasteiger partial charge in [0.1, 0.15) is 11.3 Å². The number of carbonyl (C=O) groups excluding carboxylic acids is 1. The molecule has 0 spiro atoms. The molecule has 28 heavy (non-hydrogen) atoms. The molecule has 1 N–H and O–H groups in total. The van der Waals surface area contributed by atoms with Crippen LogP contribution in [0.3, 0.4) is 0 Å². The molecule has 2 heterocycles. The summed E-state index contributed by atoms with van der Waals surface area (Å²) in [5.41, 5.74) is 0.809. The monoisotopic (exact) mass is 402 g/mol. The van der Waals surface area contributed by atoms with Crippen LogP contribution in [0.1, 0.15) is 37.4 Å². The maximum atomic E-state index is 12.7. The normalized spacial score (nSPS) is 16.2. The van der Waals surface area contributed by atoms with Gasteiger partial charge in [0.15, 0.2) is 4.77 Å². The molecule has 1 aromatic carbocycles. The molecular weight excluding hydrogens is 380 g/mol. The lowest BCUT2D eigenvalue weighted by Crippen LogP contribution is -2.28. The minimum Gasteiger partial charge on any atom is -0.494 e. The summed E-state index contributed by atoms with van der Waals surface area (Å²) in [7, 11) is 3.11. The zero-order chi connectivity index (χ0) is 20.6. The van der Waals surface area contributed by atoms with Crippen LogP contribution in [0.2, 0.25) is 0 Å². The molecule has 9 heteroatoms. The van der Waals surface area contributed by atoms with Crippen LogP contribution in [-0.4, -0.2) is 37.5 Å². The third-order valence-electron chi connectivity index (χ3n) is 4.73. The second-order valence-electron chi connectivity index (χ2n) is 6.54. The van der Waals surface area contributed by atoms with Crippen molar-refractivity contribution in [3.63, 3.8) is 0 Å². The molecule has 0 unspecified atom stereocenters. The number of hydrogen-bond acceptors (Lipinski definition) is 6. The van der Waals surface area contributed by atoms with E-state index in [1.165, 1.54) is 28.1 Å². The molecule has 0 aliphatic carbocycles. The van der Waals surface area contributed by atoms with Crippen molar-refractivity contribution >= 4 is 23.8 Å². The van der Waals surface area contributed by atoms with Gasteiger partial charge in [-0.25, -0.2) is 5.01 Å². The Bertz CT molecular complexity index is 1070. The van der Waals surface area contributed by atoms with E-state index in [0.29, 0.717) is 18.7 Å². The number of rotatable bonds is 4. The molecule has 1 aliphatic rings. The highest BCUT2D eigenvalue weighted by Crippen LogP contribution is 2.34. The average Bonchev–Trinajstić information content (AvgIpc) is 3.11. The number of ether oxygens (including phenoxy) is 1.